The second-order valence-electron chi connectivity index (χ2n) is 21.3. The maximum absolute atomic E-state index is 5.45. The number of nitrogens with zero attached hydrogens (tertiary/aromatic N) is 5. The van der Waals surface area contributed by atoms with E-state index in [4.69, 9.17) is 15.0 Å². The minimum Gasteiger partial charge on any atom is -0.310 e. The van der Waals surface area contributed by atoms with E-state index >= 15 is 0 Å². The summed E-state index contributed by atoms with van der Waals surface area (Å²) < 4.78 is 7.51. The number of allylic oxidation sites excluding steroid dienone is 12. The van der Waals surface area contributed by atoms with Gasteiger partial charge in [-0.1, -0.05) is 170 Å². The Morgan fingerprint density at radius 3 is 2.09 bits per heavy atom. The van der Waals surface area contributed by atoms with Crippen LogP contribution >= 0.6 is 11.3 Å². The normalized spacial score (nSPS) is 16.2. The molecule has 15 rings (SSSR count). The summed E-state index contributed by atoms with van der Waals surface area (Å²) in [5.41, 5.74) is 17.2. The van der Waals surface area contributed by atoms with Crippen LogP contribution in [0.15, 0.2) is 194 Å². The lowest BCUT2D eigenvalue weighted by Crippen LogP contribution is -2.30. The molecule has 1 unspecified atom stereocenters. The molecule has 7 aromatic carbocycles. The molecule has 0 fully saturated rings. The van der Waals surface area contributed by atoms with Gasteiger partial charge in [-0.2, -0.15) is 0 Å². The van der Waals surface area contributed by atoms with E-state index in [1.54, 1.807) is 0 Å². The van der Waals surface area contributed by atoms with Crippen LogP contribution < -0.4 is 10.6 Å². The Bertz CT molecular complexity index is 4770. The fourth-order valence-electron chi connectivity index (χ4n) is 12.9. The van der Waals surface area contributed by atoms with Crippen LogP contribution in [0.3, 0.4) is 0 Å². The van der Waals surface area contributed by atoms with Crippen molar-refractivity contribution >= 4 is 98.8 Å². The zero-order chi connectivity index (χ0) is 52.6. The van der Waals surface area contributed by atoms with Gasteiger partial charge in [0.1, 0.15) is 0 Å². The molecular formula is C73H55N5S. The van der Waals surface area contributed by atoms with Gasteiger partial charge in [0.25, 0.3) is 0 Å². The molecule has 0 radical (unpaired) electrons. The van der Waals surface area contributed by atoms with Crippen molar-refractivity contribution in [1.82, 2.24) is 24.1 Å². The number of aromatic nitrogens is 5. The molecule has 0 spiro atoms. The third-order valence-electron chi connectivity index (χ3n) is 16.5. The average molecular weight is 1030 g/mol. The van der Waals surface area contributed by atoms with E-state index in [0.29, 0.717) is 23.9 Å². The van der Waals surface area contributed by atoms with Gasteiger partial charge in [0.15, 0.2) is 17.5 Å². The molecule has 0 aliphatic heterocycles. The summed E-state index contributed by atoms with van der Waals surface area (Å²) in [4.78, 5) is 16.1. The fourth-order valence-corrected chi connectivity index (χ4v) is 14.1. The quantitative estimate of drug-likeness (QED) is 0.143. The van der Waals surface area contributed by atoms with E-state index in [0.717, 1.165) is 66.4 Å². The molecule has 5 nitrogen and oxygen atoms in total. The molecule has 6 heteroatoms. The lowest BCUT2D eigenvalue weighted by Gasteiger charge is -2.21. The van der Waals surface area contributed by atoms with Gasteiger partial charge in [0, 0.05) is 81.4 Å². The summed E-state index contributed by atoms with van der Waals surface area (Å²) in [6.07, 6.45) is 29.8. The third kappa shape index (κ3) is 7.86. The second-order valence-corrected chi connectivity index (χ2v) is 22.3. The van der Waals surface area contributed by atoms with E-state index in [1.807, 2.05) is 17.4 Å². The van der Waals surface area contributed by atoms with Gasteiger partial charge in [-0.25, -0.2) is 15.0 Å². The van der Waals surface area contributed by atoms with Crippen molar-refractivity contribution in [1.29, 1.82) is 0 Å². The number of aryl methyl sites for hydroxylation is 2. The maximum Gasteiger partial charge on any atom is 0.164 e. The van der Waals surface area contributed by atoms with Crippen molar-refractivity contribution in [3.05, 3.63) is 239 Å². The average Bonchev–Trinajstić information content (AvgIpc) is 4.39. The van der Waals surface area contributed by atoms with Crippen molar-refractivity contribution in [2.24, 2.45) is 0 Å². The van der Waals surface area contributed by atoms with Crippen LogP contribution in [0.5, 0.6) is 0 Å². The van der Waals surface area contributed by atoms with E-state index in [1.165, 1.54) is 103 Å². The minimum absolute atomic E-state index is 0.213. The summed E-state index contributed by atoms with van der Waals surface area (Å²) in [7, 11) is 0. The van der Waals surface area contributed by atoms with Gasteiger partial charge in [0.2, 0.25) is 0 Å². The molecule has 79 heavy (non-hydrogen) atoms. The Morgan fingerprint density at radius 2 is 1.24 bits per heavy atom. The highest BCUT2D eigenvalue weighted by atomic mass is 32.1. The Balaban J connectivity index is 0.993. The number of hydrogen-bond donors (Lipinski definition) is 0. The number of hydrogen-bond acceptors (Lipinski definition) is 4. The first kappa shape index (κ1) is 47.1. The van der Waals surface area contributed by atoms with Gasteiger partial charge in [-0.15, -0.1) is 11.3 Å². The zero-order valence-electron chi connectivity index (χ0n) is 44.3. The molecule has 4 aliphatic rings. The van der Waals surface area contributed by atoms with Gasteiger partial charge in [-0.3, -0.25) is 0 Å². The maximum atomic E-state index is 5.45. The lowest BCUT2D eigenvalue weighted by molar-refractivity contribution is 0.979. The van der Waals surface area contributed by atoms with Crippen molar-refractivity contribution in [2.75, 3.05) is 0 Å². The van der Waals surface area contributed by atoms with Crippen LogP contribution in [0, 0.1) is 25.7 Å². The number of thiophene rings is 1. The number of para-hydroxylation sites is 2. The van der Waals surface area contributed by atoms with Crippen LogP contribution in [0.2, 0.25) is 0 Å². The van der Waals surface area contributed by atoms with Crippen molar-refractivity contribution in [3.8, 4) is 40.0 Å². The molecular weight excluding hydrogens is 979 g/mol. The summed E-state index contributed by atoms with van der Waals surface area (Å²) in [6.45, 7) is 4.55. The van der Waals surface area contributed by atoms with E-state index < -0.39 is 0 Å². The lowest BCUT2D eigenvalue weighted by atomic mass is 9.83. The Labute approximate surface area is 463 Å². The second kappa shape index (κ2) is 19.4. The Hall–Kier alpha value is -9.15. The molecule has 378 valence electrons. The van der Waals surface area contributed by atoms with Crippen LogP contribution in [-0.4, -0.2) is 24.1 Å². The van der Waals surface area contributed by atoms with Gasteiger partial charge in [-0.05, 0) is 140 Å². The highest BCUT2D eigenvalue weighted by Gasteiger charge is 2.27. The highest BCUT2D eigenvalue weighted by Crippen LogP contribution is 2.47. The van der Waals surface area contributed by atoms with Crippen molar-refractivity contribution in [3.63, 3.8) is 0 Å². The molecule has 0 bridgehead atoms. The Morgan fingerprint density at radius 1 is 0.519 bits per heavy atom. The SMILES string of the molecule is Cc1cccc(C2=C(c3nc(C4=CCCC=C4)nc(-c4ccccc4)n3)CC#CC(c3cccc4sc5ccc6c(c7c(n6-c6ccccc6)=CCCC=7)c5c34)C=C2)c1-c1c(C)ccc2c1c1ccccc1n2C1=CCCC=C1. The predicted molar refractivity (Wildman–Crippen MR) is 333 cm³/mol. The first-order valence-corrected chi connectivity index (χ1v) is 28.7. The van der Waals surface area contributed by atoms with Gasteiger partial charge in [0.05, 0.1) is 22.5 Å². The molecule has 4 heterocycles. The highest BCUT2D eigenvalue weighted by molar-refractivity contribution is 7.26. The summed E-state index contributed by atoms with van der Waals surface area (Å²) in [6, 6.07) is 53.1. The molecule has 0 saturated heterocycles. The van der Waals surface area contributed by atoms with E-state index in [-0.39, 0.29) is 5.92 Å². The zero-order valence-corrected chi connectivity index (χ0v) is 45.1. The van der Waals surface area contributed by atoms with Crippen LogP contribution in [0.25, 0.3) is 116 Å². The van der Waals surface area contributed by atoms with E-state index in [9.17, 15) is 0 Å². The standard InChI is InChI=1S/C73H55N5S/c1-46-22-19-35-55(65(46)66-47(2)40-43-61-67(66)57-32-15-17-37-59(57)77(61)51-28-11-5-12-29-51)54-42-41-48(27-20-36-56(54)73-75-71(49-23-7-3-8-24-49)74-72(76-73)50-25-9-4-10-26-50)53-34-21-39-63-69(53)70-64(79-63)45-44-62-68(70)58-33-16-18-38-60(58)78(62)52-30-13-6-14-31-52/h3,6-9,11,13-15,17,19,21-26,28-35,37-45,48H,4-5,10,12,16,18,36H2,1-2H3. The molecule has 0 N–H and O–H groups in total. The summed E-state index contributed by atoms with van der Waals surface area (Å²) in [5, 5.41) is 9.04. The third-order valence-corrected chi connectivity index (χ3v) is 17.6. The first-order valence-electron chi connectivity index (χ1n) is 27.9. The van der Waals surface area contributed by atoms with Crippen LogP contribution in [0.4, 0.5) is 0 Å². The van der Waals surface area contributed by atoms with Crippen molar-refractivity contribution < 1.29 is 0 Å². The van der Waals surface area contributed by atoms with Gasteiger partial charge < -0.3 is 9.13 Å². The number of fused-ring (bicyclic) bond motifs is 10. The first-order chi connectivity index (χ1) is 39.1. The molecule has 11 aromatic rings. The monoisotopic (exact) mass is 1030 g/mol. The fraction of sp³-hybridized carbons (Fsp3) is 0.137. The summed E-state index contributed by atoms with van der Waals surface area (Å²) >= 11 is 1.89. The van der Waals surface area contributed by atoms with Gasteiger partial charge >= 0.3 is 0 Å². The molecule has 0 amide bonds. The van der Waals surface area contributed by atoms with Crippen LogP contribution in [-0.2, 0) is 0 Å². The topological polar surface area (TPSA) is 48.5 Å². The molecule has 4 aliphatic carbocycles. The predicted octanol–water partition coefficient (Wildman–Crippen LogP) is 17.2. The number of benzene rings is 7. The number of rotatable bonds is 8. The molecule has 4 aromatic heterocycles. The largest absolute Gasteiger partial charge is 0.310 e. The molecule has 0 saturated carbocycles. The van der Waals surface area contributed by atoms with Crippen molar-refractivity contribution in [2.45, 2.75) is 64.7 Å². The van der Waals surface area contributed by atoms with E-state index in [2.05, 4.69) is 235 Å². The summed E-state index contributed by atoms with van der Waals surface area (Å²) in [5.74, 6) is 9.44. The smallest absolute Gasteiger partial charge is 0.164 e. The Kier molecular flexibility index (Phi) is 11.6. The molecule has 1 atom stereocenters. The minimum atomic E-state index is -0.213. The van der Waals surface area contributed by atoms with Crippen LogP contribution in [0.1, 0.15) is 84.8 Å².